The summed E-state index contributed by atoms with van der Waals surface area (Å²) in [6.45, 7) is 12.5. The van der Waals surface area contributed by atoms with Gasteiger partial charge in [0.15, 0.2) is 5.65 Å². The SMILES string of the molecule is Cc1cc(Nc2ncnc3ccc(NC(=O)C#CCCOP(=O)(OC(C)(C)C)OC(C)(C)C)cc23)ccc1Oc1ccn2ncnc2c1. The highest BCUT2D eigenvalue weighted by Gasteiger charge is 2.36. The van der Waals surface area contributed by atoms with Gasteiger partial charge >= 0.3 is 7.82 Å². The fourth-order valence-electron chi connectivity index (χ4n) is 4.46. The van der Waals surface area contributed by atoms with Gasteiger partial charge in [0, 0.05) is 35.4 Å². The minimum absolute atomic E-state index is 0.0442. The van der Waals surface area contributed by atoms with Crippen molar-refractivity contribution in [3.8, 4) is 23.3 Å². The minimum Gasteiger partial charge on any atom is -0.457 e. The summed E-state index contributed by atoms with van der Waals surface area (Å²) >= 11 is 0. The lowest BCUT2D eigenvalue weighted by atomic mass is 10.1. The number of ether oxygens (including phenoxy) is 1. The molecule has 5 rings (SSSR count). The minimum atomic E-state index is -3.86. The molecule has 250 valence electrons. The number of aryl methyl sites for hydroxylation is 1. The highest BCUT2D eigenvalue weighted by molar-refractivity contribution is 7.48. The van der Waals surface area contributed by atoms with Crippen molar-refractivity contribution in [3.05, 3.63) is 72.9 Å². The largest absolute Gasteiger partial charge is 0.475 e. The first-order chi connectivity index (χ1) is 22.6. The van der Waals surface area contributed by atoms with Gasteiger partial charge in [-0.25, -0.2) is 24.0 Å². The number of pyridine rings is 1. The molecule has 13 nitrogen and oxygen atoms in total. The van der Waals surface area contributed by atoms with Crippen LogP contribution in [0.1, 0.15) is 53.5 Å². The number of carbonyl (C=O) groups excluding carboxylic acids is 1. The zero-order valence-electron chi connectivity index (χ0n) is 27.9. The molecule has 0 aliphatic carbocycles. The third-order valence-electron chi connectivity index (χ3n) is 6.26. The Hall–Kier alpha value is -4.86. The third kappa shape index (κ3) is 9.59. The Morgan fingerprint density at radius 1 is 0.917 bits per heavy atom. The van der Waals surface area contributed by atoms with Gasteiger partial charge in [0.2, 0.25) is 0 Å². The molecule has 0 bridgehead atoms. The Morgan fingerprint density at radius 3 is 2.40 bits per heavy atom. The standard InChI is InChI=1S/C34H38N7O6P/c1-23-18-24(12-14-29(23)45-26-15-16-41-30(20-26)36-22-38-41)40-32-27-19-25(11-13-28(27)35-21-37-32)39-31(42)10-8-9-17-44-48(43,46-33(2,3)4)47-34(5,6)7/h11-16,18-22H,9,17H2,1-7H3,(H,39,42)(H,35,37,40). The Balaban J connectivity index is 1.21. The summed E-state index contributed by atoms with van der Waals surface area (Å²) < 4.78 is 37.6. The number of benzene rings is 2. The fraction of sp³-hybridized carbons (Fsp3) is 0.324. The van der Waals surface area contributed by atoms with Crippen molar-refractivity contribution in [2.45, 2.75) is 66.1 Å². The number of nitrogens with one attached hydrogen (secondary N) is 2. The van der Waals surface area contributed by atoms with Gasteiger partial charge in [-0.3, -0.25) is 18.4 Å². The van der Waals surface area contributed by atoms with E-state index in [4.69, 9.17) is 18.3 Å². The Morgan fingerprint density at radius 2 is 1.67 bits per heavy atom. The molecule has 0 aliphatic rings. The molecule has 48 heavy (non-hydrogen) atoms. The number of fused-ring (bicyclic) bond motifs is 2. The van der Waals surface area contributed by atoms with Crippen LogP contribution < -0.4 is 15.4 Å². The van der Waals surface area contributed by atoms with Gasteiger partial charge in [-0.05, 0) is 102 Å². The van der Waals surface area contributed by atoms with E-state index in [1.54, 1.807) is 70.5 Å². The van der Waals surface area contributed by atoms with Gasteiger partial charge in [0.1, 0.15) is 30.0 Å². The van der Waals surface area contributed by atoms with Crippen LogP contribution in [0.25, 0.3) is 16.6 Å². The summed E-state index contributed by atoms with van der Waals surface area (Å²) in [6, 6.07) is 14.6. The van der Waals surface area contributed by atoms with Crippen LogP contribution in [0, 0.1) is 18.8 Å². The Kier molecular flexibility index (Phi) is 10.1. The molecule has 3 aromatic heterocycles. The van der Waals surface area contributed by atoms with E-state index >= 15 is 0 Å². The smallest absolute Gasteiger partial charge is 0.457 e. The number of phosphoric acid groups is 1. The summed E-state index contributed by atoms with van der Waals surface area (Å²) in [5.74, 6) is 6.66. The van der Waals surface area contributed by atoms with E-state index in [2.05, 4.69) is 42.5 Å². The average Bonchev–Trinajstić information content (AvgIpc) is 3.45. The Labute approximate surface area is 279 Å². The monoisotopic (exact) mass is 671 g/mol. The maximum atomic E-state index is 13.1. The van der Waals surface area contributed by atoms with E-state index in [0.717, 1.165) is 11.3 Å². The molecule has 0 aliphatic heterocycles. The van der Waals surface area contributed by atoms with Crippen LogP contribution in [0.2, 0.25) is 0 Å². The van der Waals surface area contributed by atoms with Crippen molar-refractivity contribution < 1.29 is 27.7 Å². The number of phosphoric ester groups is 1. The normalized spacial score (nSPS) is 12.1. The number of rotatable bonds is 10. The van der Waals surface area contributed by atoms with Crippen LogP contribution in [-0.2, 0) is 22.9 Å². The Bertz CT molecular complexity index is 2040. The lowest BCUT2D eigenvalue weighted by Gasteiger charge is -2.30. The second-order valence-electron chi connectivity index (χ2n) is 12.8. The molecule has 0 spiro atoms. The first kappa shape index (κ1) is 34.5. The second-order valence-corrected chi connectivity index (χ2v) is 14.3. The van der Waals surface area contributed by atoms with Gasteiger partial charge < -0.3 is 15.4 Å². The molecule has 0 atom stereocenters. The van der Waals surface area contributed by atoms with E-state index in [0.29, 0.717) is 39.6 Å². The molecule has 0 saturated heterocycles. The lowest BCUT2D eigenvalue weighted by molar-refractivity contribution is -0.111. The molecule has 5 aromatic rings. The van der Waals surface area contributed by atoms with Crippen LogP contribution >= 0.6 is 7.82 Å². The molecule has 0 radical (unpaired) electrons. The molecule has 0 fully saturated rings. The molecular formula is C34H38N7O6P. The fourth-order valence-corrected chi connectivity index (χ4v) is 6.25. The number of hydrogen-bond acceptors (Lipinski definition) is 11. The van der Waals surface area contributed by atoms with Crippen LogP contribution in [0.3, 0.4) is 0 Å². The summed E-state index contributed by atoms with van der Waals surface area (Å²) in [6.07, 6.45) is 4.89. The zero-order chi connectivity index (χ0) is 34.5. The molecule has 0 unspecified atom stereocenters. The summed E-state index contributed by atoms with van der Waals surface area (Å²) in [4.78, 5) is 25.6. The van der Waals surface area contributed by atoms with E-state index in [-0.39, 0.29) is 13.0 Å². The predicted molar refractivity (Wildman–Crippen MR) is 183 cm³/mol. The van der Waals surface area contributed by atoms with Gasteiger partial charge in [0.05, 0.1) is 23.3 Å². The molecule has 0 saturated carbocycles. The van der Waals surface area contributed by atoms with Crippen molar-refractivity contribution in [2.24, 2.45) is 0 Å². The predicted octanol–water partition coefficient (Wildman–Crippen LogP) is 7.60. The van der Waals surface area contributed by atoms with Gasteiger partial charge in [-0.2, -0.15) is 5.10 Å². The zero-order valence-corrected chi connectivity index (χ0v) is 28.8. The van der Waals surface area contributed by atoms with Crippen molar-refractivity contribution in [3.63, 3.8) is 0 Å². The van der Waals surface area contributed by atoms with E-state index in [1.165, 1.54) is 12.7 Å². The van der Waals surface area contributed by atoms with E-state index < -0.39 is 24.9 Å². The van der Waals surface area contributed by atoms with E-state index in [1.807, 2.05) is 37.3 Å². The molecule has 1 amide bonds. The highest BCUT2D eigenvalue weighted by Crippen LogP contribution is 2.55. The van der Waals surface area contributed by atoms with Crippen molar-refractivity contribution >= 4 is 47.5 Å². The van der Waals surface area contributed by atoms with Crippen molar-refractivity contribution in [1.82, 2.24) is 24.6 Å². The first-order valence-electron chi connectivity index (χ1n) is 15.2. The number of hydrogen-bond donors (Lipinski definition) is 2. The highest BCUT2D eigenvalue weighted by atomic mass is 31.2. The summed E-state index contributed by atoms with van der Waals surface area (Å²) in [5, 5.41) is 10.9. The molecule has 2 N–H and O–H groups in total. The molecule has 3 heterocycles. The van der Waals surface area contributed by atoms with E-state index in [9.17, 15) is 9.36 Å². The second kappa shape index (κ2) is 14.1. The third-order valence-corrected chi connectivity index (χ3v) is 8.30. The average molecular weight is 672 g/mol. The quantitative estimate of drug-likeness (QED) is 0.0858. The number of anilines is 3. The van der Waals surface area contributed by atoms with Crippen LogP contribution in [0.4, 0.5) is 17.2 Å². The molecule has 14 heteroatoms. The maximum Gasteiger partial charge on any atom is 0.475 e. The number of nitrogens with zero attached hydrogens (tertiary/aromatic N) is 5. The van der Waals surface area contributed by atoms with Gasteiger partial charge in [-0.15, -0.1) is 0 Å². The topological polar surface area (TPSA) is 151 Å². The van der Waals surface area contributed by atoms with Crippen LogP contribution in [0.15, 0.2) is 67.4 Å². The van der Waals surface area contributed by atoms with Gasteiger partial charge in [0.25, 0.3) is 5.91 Å². The number of aromatic nitrogens is 5. The number of carbonyl (C=O) groups is 1. The summed E-state index contributed by atoms with van der Waals surface area (Å²) in [7, 11) is -3.86. The van der Waals surface area contributed by atoms with Crippen LogP contribution in [0.5, 0.6) is 11.5 Å². The van der Waals surface area contributed by atoms with Crippen molar-refractivity contribution in [1.29, 1.82) is 0 Å². The molecular weight excluding hydrogens is 633 g/mol. The maximum absolute atomic E-state index is 13.1. The van der Waals surface area contributed by atoms with Crippen molar-refractivity contribution in [2.75, 3.05) is 17.2 Å². The number of amides is 1. The van der Waals surface area contributed by atoms with Crippen LogP contribution in [-0.4, -0.2) is 48.3 Å². The summed E-state index contributed by atoms with van der Waals surface area (Å²) in [5.41, 5.74) is 2.09. The lowest BCUT2D eigenvalue weighted by Crippen LogP contribution is -2.24. The molecule has 2 aromatic carbocycles. The first-order valence-corrected chi connectivity index (χ1v) is 16.7. The van der Waals surface area contributed by atoms with Gasteiger partial charge in [-0.1, -0.05) is 5.92 Å².